The Labute approximate surface area is 146 Å². The van der Waals surface area contributed by atoms with Gasteiger partial charge in [0.1, 0.15) is 11.6 Å². The average Bonchev–Trinajstić information content (AvgIpc) is 2.50. The lowest BCUT2D eigenvalue weighted by Crippen LogP contribution is -2.35. The van der Waals surface area contributed by atoms with Gasteiger partial charge in [0.2, 0.25) is 15.9 Å². The number of hydrogen-bond donors (Lipinski definition) is 1. The minimum absolute atomic E-state index is 0.0222. The minimum atomic E-state index is -3.86. The fourth-order valence-corrected chi connectivity index (χ4v) is 3.25. The fraction of sp³-hybridized carbons (Fsp3) is 0.133. The molecule has 0 spiro atoms. The number of nitrogens with one attached hydrogen (secondary N) is 1. The van der Waals surface area contributed by atoms with Gasteiger partial charge in [0.15, 0.2) is 0 Å². The van der Waals surface area contributed by atoms with Crippen LogP contribution >= 0.6 is 15.9 Å². The number of carbonyl (C=O) groups is 1. The molecule has 0 saturated carbocycles. The van der Waals surface area contributed by atoms with Gasteiger partial charge in [-0.05, 0) is 36.4 Å². The third-order valence-corrected chi connectivity index (χ3v) is 5.44. The monoisotopic (exact) mass is 418 g/mol. The normalized spacial score (nSPS) is 11.5. The van der Waals surface area contributed by atoms with Gasteiger partial charge in [0, 0.05) is 17.6 Å². The van der Waals surface area contributed by atoms with Gasteiger partial charge in [-0.3, -0.25) is 4.79 Å². The van der Waals surface area contributed by atoms with Crippen molar-refractivity contribution in [3.8, 4) is 0 Å². The van der Waals surface area contributed by atoms with Crippen LogP contribution in [0.15, 0.2) is 51.8 Å². The number of halogens is 3. The number of rotatable bonds is 5. The zero-order chi connectivity index (χ0) is 17.9. The van der Waals surface area contributed by atoms with E-state index in [4.69, 9.17) is 0 Å². The molecular formula is C15H13BrF2N2O3S. The first-order valence-electron chi connectivity index (χ1n) is 6.67. The second-order valence-corrected chi connectivity index (χ2v) is 7.85. The molecule has 0 aliphatic rings. The Bertz CT molecular complexity index is 858. The van der Waals surface area contributed by atoms with Crippen LogP contribution in [0.5, 0.6) is 0 Å². The van der Waals surface area contributed by atoms with Crippen LogP contribution in [0.2, 0.25) is 0 Å². The molecule has 0 atom stereocenters. The highest BCUT2D eigenvalue weighted by molar-refractivity contribution is 9.10. The van der Waals surface area contributed by atoms with E-state index in [9.17, 15) is 22.0 Å². The van der Waals surface area contributed by atoms with Crippen LogP contribution in [0.25, 0.3) is 0 Å². The van der Waals surface area contributed by atoms with E-state index in [-0.39, 0.29) is 10.6 Å². The Morgan fingerprint density at radius 3 is 2.38 bits per heavy atom. The molecule has 2 aromatic carbocycles. The summed E-state index contributed by atoms with van der Waals surface area (Å²) in [7, 11) is -2.63. The van der Waals surface area contributed by atoms with Gasteiger partial charge in [-0.15, -0.1) is 0 Å². The predicted molar refractivity (Wildman–Crippen MR) is 88.9 cm³/mol. The van der Waals surface area contributed by atoms with E-state index in [1.165, 1.54) is 19.2 Å². The lowest BCUT2D eigenvalue weighted by Gasteiger charge is -2.17. The number of nitrogens with zero attached hydrogens (tertiary/aromatic N) is 1. The number of anilines is 1. The molecule has 0 saturated heterocycles. The molecular weight excluding hydrogens is 406 g/mol. The maximum Gasteiger partial charge on any atom is 0.243 e. The van der Waals surface area contributed by atoms with Crippen molar-refractivity contribution in [3.05, 3.63) is 58.6 Å². The van der Waals surface area contributed by atoms with Crippen LogP contribution in [0.3, 0.4) is 0 Å². The summed E-state index contributed by atoms with van der Waals surface area (Å²) in [5, 5.41) is 2.21. The van der Waals surface area contributed by atoms with E-state index >= 15 is 0 Å². The third-order valence-electron chi connectivity index (χ3n) is 3.09. The molecule has 9 heteroatoms. The number of hydrogen-bond acceptors (Lipinski definition) is 3. The van der Waals surface area contributed by atoms with Crippen LogP contribution < -0.4 is 5.32 Å². The van der Waals surface area contributed by atoms with Crippen molar-refractivity contribution in [2.24, 2.45) is 0 Å². The molecule has 0 aliphatic carbocycles. The molecule has 0 unspecified atom stereocenters. The number of likely N-dealkylation sites (N-methyl/N-ethyl adjacent to an activating group) is 1. The Morgan fingerprint density at radius 2 is 1.79 bits per heavy atom. The summed E-state index contributed by atoms with van der Waals surface area (Å²) in [4.78, 5) is 11.9. The van der Waals surface area contributed by atoms with Crippen molar-refractivity contribution >= 4 is 37.5 Å². The van der Waals surface area contributed by atoms with E-state index < -0.39 is 34.1 Å². The summed E-state index contributed by atoms with van der Waals surface area (Å²) < 4.78 is 52.6. The highest BCUT2D eigenvalue weighted by atomic mass is 79.9. The van der Waals surface area contributed by atoms with Crippen molar-refractivity contribution in [1.29, 1.82) is 0 Å². The zero-order valence-electron chi connectivity index (χ0n) is 12.5. The van der Waals surface area contributed by atoms with Crippen molar-refractivity contribution < 1.29 is 22.0 Å². The van der Waals surface area contributed by atoms with Gasteiger partial charge in [-0.1, -0.05) is 15.9 Å². The summed E-state index contributed by atoms with van der Waals surface area (Å²) in [6, 6.07) is 8.59. The lowest BCUT2D eigenvalue weighted by molar-refractivity contribution is -0.116. The molecule has 0 bridgehead atoms. The quantitative estimate of drug-likeness (QED) is 0.811. The number of amides is 1. The Kier molecular flexibility index (Phi) is 5.68. The fourth-order valence-electron chi connectivity index (χ4n) is 1.85. The summed E-state index contributed by atoms with van der Waals surface area (Å²) in [5.41, 5.74) is -0.226. The molecule has 24 heavy (non-hydrogen) atoms. The van der Waals surface area contributed by atoms with Gasteiger partial charge in [0.05, 0.1) is 17.1 Å². The Balaban J connectivity index is 2.09. The largest absolute Gasteiger partial charge is 0.322 e. The highest BCUT2D eigenvalue weighted by Crippen LogP contribution is 2.18. The number of benzene rings is 2. The van der Waals surface area contributed by atoms with Crippen molar-refractivity contribution in [2.45, 2.75) is 4.90 Å². The van der Waals surface area contributed by atoms with Gasteiger partial charge >= 0.3 is 0 Å². The first-order valence-corrected chi connectivity index (χ1v) is 8.90. The highest BCUT2D eigenvalue weighted by Gasteiger charge is 2.23. The summed E-state index contributed by atoms with van der Waals surface area (Å²) in [6.45, 7) is -0.519. The Hall–Kier alpha value is -1.84. The molecule has 1 N–H and O–H groups in total. The standard InChI is InChI=1S/C15H13BrF2N2O3S/c1-20(24(22,23)12-5-2-10(16)3-6-12)9-15(21)19-14-7-4-11(17)8-13(14)18/h2-8H,9H2,1H3,(H,19,21). The topological polar surface area (TPSA) is 66.5 Å². The van der Waals surface area contributed by atoms with Gasteiger partial charge in [-0.2, -0.15) is 4.31 Å². The van der Waals surface area contributed by atoms with E-state index in [1.54, 1.807) is 12.1 Å². The maximum absolute atomic E-state index is 13.5. The molecule has 0 fully saturated rings. The summed E-state index contributed by atoms with van der Waals surface area (Å²) in [5.74, 6) is -2.47. The zero-order valence-corrected chi connectivity index (χ0v) is 14.9. The smallest absolute Gasteiger partial charge is 0.243 e. The first kappa shape index (κ1) is 18.5. The van der Waals surface area contributed by atoms with Gasteiger partial charge in [-0.25, -0.2) is 17.2 Å². The van der Waals surface area contributed by atoms with Crippen LogP contribution in [-0.2, 0) is 14.8 Å². The second kappa shape index (κ2) is 7.37. The first-order chi connectivity index (χ1) is 11.2. The van der Waals surface area contributed by atoms with Crippen molar-refractivity contribution in [1.82, 2.24) is 4.31 Å². The van der Waals surface area contributed by atoms with E-state index in [0.29, 0.717) is 10.5 Å². The lowest BCUT2D eigenvalue weighted by atomic mass is 10.3. The number of carbonyl (C=O) groups excluding carboxylic acids is 1. The van der Waals surface area contributed by atoms with Crippen LogP contribution in [0.1, 0.15) is 0 Å². The molecule has 2 rings (SSSR count). The summed E-state index contributed by atoms with van der Waals surface area (Å²) >= 11 is 3.20. The van der Waals surface area contributed by atoms with Crippen LogP contribution in [0, 0.1) is 11.6 Å². The summed E-state index contributed by atoms with van der Waals surface area (Å²) in [6.07, 6.45) is 0. The predicted octanol–water partition coefficient (Wildman–Crippen LogP) is 2.99. The number of sulfonamides is 1. The molecule has 5 nitrogen and oxygen atoms in total. The van der Waals surface area contributed by atoms with Gasteiger partial charge < -0.3 is 5.32 Å². The molecule has 1 amide bonds. The van der Waals surface area contributed by atoms with E-state index in [0.717, 1.165) is 16.4 Å². The maximum atomic E-state index is 13.5. The molecule has 0 radical (unpaired) electrons. The Morgan fingerprint density at radius 1 is 1.17 bits per heavy atom. The van der Waals surface area contributed by atoms with Crippen molar-refractivity contribution in [3.63, 3.8) is 0 Å². The van der Waals surface area contributed by atoms with E-state index in [1.807, 2.05) is 0 Å². The van der Waals surface area contributed by atoms with Crippen molar-refractivity contribution in [2.75, 3.05) is 18.9 Å². The second-order valence-electron chi connectivity index (χ2n) is 4.89. The van der Waals surface area contributed by atoms with E-state index in [2.05, 4.69) is 21.2 Å². The van der Waals surface area contributed by atoms with Gasteiger partial charge in [0.25, 0.3) is 0 Å². The molecule has 128 valence electrons. The molecule has 0 aromatic heterocycles. The molecule has 0 heterocycles. The van der Waals surface area contributed by atoms with Crippen LogP contribution in [-0.4, -0.2) is 32.2 Å². The third kappa shape index (κ3) is 4.37. The van der Waals surface area contributed by atoms with Crippen LogP contribution in [0.4, 0.5) is 14.5 Å². The molecule has 0 aliphatic heterocycles. The SMILES string of the molecule is CN(CC(=O)Nc1ccc(F)cc1F)S(=O)(=O)c1ccc(Br)cc1. The average molecular weight is 419 g/mol. The molecule has 2 aromatic rings. The minimum Gasteiger partial charge on any atom is -0.322 e.